The molecular formula is C16H21Cl2NO2. The van der Waals surface area contributed by atoms with Gasteiger partial charge in [0.15, 0.2) is 6.10 Å². The standard InChI is InChI=1S/C16H21Cl2NO2/c1-11(21-15-9-8-12(17)10-14(15)18)16(20)19-13-6-4-2-3-5-7-13/h8-11,13H,2-7H2,1H3,(H,19,20)/t11-/m0/s1. The van der Waals surface area contributed by atoms with Crippen molar-refractivity contribution < 1.29 is 9.53 Å². The molecule has 0 aromatic heterocycles. The van der Waals surface area contributed by atoms with Gasteiger partial charge in [0.2, 0.25) is 0 Å². The molecule has 1 amide bonds. The molecule has 21 heavy (non-hydrogen) atoms. The number of ether oxygens (including phenoxy) is 1. The number of rotatable bonds is 4. The van der Waals surface area contributed by atoms with E-state index in [9.17, 15) is 4.79 Å². The number of benzene rings is 1. The molecule has 116 valence electrons. The molecule has 1 fully saturated rings. The zero-order chi connectivity index (χ0) is 15.2. The fourth-order valence-corrected chi connectivity index (χ4v) is 3.01. The monoisotopic (exact) mass is 329 g/mol. The fraction of sp³-hybridized carbons (Fsp3) is 0.562. The highest BCUT2D eigenvalue weighted by molar-refractivity contribution is 6.35. The van der Waals surface area contributed by atoms with E-state index < -0.39 is 6.10 Å². The van der Waals surface area contributed by atoms with Gasteiger partial charge in [-0.3, -0.25) is 4.79 Å². The van der Waals surface area contributed by atoms with Crippen LogP contribution in [0.3, 0.4) is 0 Å². The third-order valence-corrected chi connectivity index (χ3v) is 4.30. The van der Waals surface area contributed by atoms with Crippen LogP contribution in [-0.2, 0) is 4.79 Å². The maximum Gasteiger partial charge on any atom is 0.260 e. The van der Waals surface area contributed by atoms with Gasteiger partial charge in [0, 0.05) is 11.1 Å². The van der Waals surface area contributed by atoms with Crippen LogP contribution in [0.1, 0.15) is 45.4 Å². The molecule has 3 nitrogen and oxygen atoms in total. The van der Waals surface area contributed by atoms with E-state index in [1.807, 2.05) is 0 Å². The molecule has 0 aliphatic heterocycles. The number of hydrogen-bond acceptors (Lipinski definition) is 2. The molecule has 1 atom stereocenters. The zero-order valence-electron chi connectivity index (χ0n) is 12.2. The molecule has 0 heterocycles. The summed E-state index contributed by atoms with van der Waals surface area (Å²) in [6.07, 6.45) is 6.43. The third kappa shape index (κ3) is 5.08. The minimum absolute atomic E-state index is 0.0899. The summed E-state index contributed by atoms with van der Waals surface area (Å²) in [6, 6.07) is 5.25. The van der Waals surface area contributed by atoms with Crippen LogP contribution in [-0.4, -0.2) is 18.1 Å². The summed E-state index contributed by atoms with van der Waals surface area (Å²) >= 11 is 11.9. The van der Waals surface area contributed by atoms with Crippen LogP contribution < -0.4 is 10.1 Å². The number of halogens is 2. The van der Waals surface area contributed by atoms with E-state index in [0.29, 0.717) is 15.8 Å². The maximum absolute atomic E-state index is 12.2. The second kappa shape index (κ2) is 7.90. The lowest BCUT2D eigenvalue weighted by Crippen LogP contribution is -2.42. The second-order valence-electron chi connectivity index (χ2n) is 5.53. The molecule has 1 aromatic rings. The molecule has 0 radical (unpaired) electrons. The van der Waals surface area contributed by atoms with Crippen molar-refractivity contribution in [1.29, 1.82) is 0 Å². The third-order valence-electron chi connectivity index (χ3n) is 3.77. The lowest BCUT2D eigenvalue weighted by atomic mass is 10.1. The first-order valence-electron chi connectivity index (χ1n) is 7.48. The molecule has 0 unspecified atom stereocenters. The van der Waals surface area contributed by atoms with Crippen molar-refractivity contribution in [3.63, 3.8) is 0 Å². The molecule has 1 N–H and O–H groups in total. The highest BCUT2D eigenvalue weighted by Crippen LogP contribution is 2.28. The van der Waals surface area contributed by atoms with Crippen LogP contribution in [0.5, 0.6) is 5.75 Å². The molecule has 0 saturated heterocycles. The van der Waals surface area contributed by atoms with Crippen molar-refractivity contribution in [3.8, 4) is 5.75 Å². The minimum Gasteiger partial charge on any atom is -0.479 e. The normalized spacial score (nSPS) is 17.9. The van der Waals surface area contributed by atoms with Gasteiger partial charge in [0.25, 0.3) is 5.91 Å². The summed E-state index contributed by atoms with van der Waals surface area (Å²) < 4.78 is 5.63. The van der Waals surface area contributed by atoms with Crippen molar-refractivity contribution in [1.82, 2.24) is 5.32 Å². The summed E-state index contributed by atoms with van der Waals surface area (Å²) in [6.45, 7) is 1.73. The molecular weight excluding hydrogens is 309 g/mol. The Hall–Kier alpha value is -0.930. The van der Waals surface area contributed by atoms with Crippen molar-refractivity contribution in [3.05, 3.63) is 28.2 Å². The SMILES string of the molecule is C[C@H](Oc1ccc(Cl)cc1Cl)C(=O)NC1CCCCCC1. The van der Waals surface area contributed by atoms with E-state index in [1.165, 1.54) is 25.7 Å². The number of nitrogens with one attached hydrogen (secondary N) is 1. The second-order valence-corrected chi connectivity index (χ2v) is 6.38. The summed E-state index contributed by atoms with van der Waals surface area (Å²) in [7, 11) is 0. The Morgan fingerprint density at radius 2 is 1.90 bits per heavy atom. The molecule has 0 bridgehead atoms. The zero-order valence-corrected chi connectivity index (χ0v) is 13.7. The van der Waals surface area contributed by atoms with Gasteiger partial charge in [-0.15, -0.1) is 0 Å². The van der Waals surface area contributed by atoms with Gasteiger partial charge in [-0.2, -0.15) is 0 Å². The van der Waals surface area contributed by atoms with Gasteiger partial charge in [0.1, 0.15) is 5.75 Å². The van der Waals surface area contributed by atoms with E-state index in [0.717, 1.165) is 12.8 Å². The predicted molar refractivity (Wildman–Crippen MR) is 86.2 cm³/mol. The van der Waals surface area contributed by atoms with Gasteiger partial charge in [-0.1, -0.05) is 48.9 Å². The Morgan fingerprint density at radius 3 is 2.52 bits per heavy atom. The Bertz CT molecular complexity index is 485. The summed E-state index contributed by atoms with van der Waals surface area (Å²) in [5.74, 6) is 0.387. The van der Waals surface area contributed by atoms with Crippen LogP contribution >= 0.6 is 23.2 Å². The molecule has 0 spiro atoms. The number of hydrogen-bond donors (Lipinski definition) is 1. The summed E-state index contributed by atoms with van der Waals surface area (Å²) in [5, 5.41) is 4.03. The molecule has 1 aliphatic carbocycles. The highest BCUT2D eigenvalue weighted by atomic mass is 35.5. The van der Waals surface area contributed by atoms with E-state index in [-0.39, 0.29) is 11.9 Å². The lowest BCUT2D eigenvalue weighted by molar-refractivity contribution is -0.128. The molecule has 5 heteroatoms. The van der Waals surface area contributed by atoms with E-state index in [1.54, 1.807) is 25.1 Å². The van der Waals surface area contributed by atoms with Crippen molar-refractivity contribution >= 4 is 29.1 Å². The van der Waals surface area contributed by atoms with Crippen molar-refractivity contribution in [2.75, 3.05) is 0 Å². The first kappa shape index (κ1) is 16.4. The van der Waals surface area contributed by atoms with Gasteiger partial charge in [-0.25, -0.2) is 0 Å². The molecule has 1 aromatic carbocycles. The Balaban J connectivity index is 1.89. The largest absolute Gasteiger partial charge is 0.479 e. The predicted octanol–water partition coefficient (Wildman–Crippen LogP) is 4.60. The average molecular weight is 330 g/mol. The summed E-state index contributed by atoms with van der Waals surface area (Å²) in [5.41, 5.74) is 0. The lowest BCUT2D eigenvalue weighted by Gasteiger charge is -2.20. The van der Waals surface area contributed by atoms with Gasteiger partial charge < -0.3 is 10.1 Å². The number of carbonyl (C=O) groups excluding carboxylic acids is 1. The minimum atomic E-state index is -0.577. The maximum atomic E-state index is 12.2. The topological polar surface area (TPSA) is 38.3 Å². The van der Waals surface area contributed by atoms with E-state index in [4.69, 9.17) is 27.9 Å². The Kier molecular flexibility index (Phi) is 6.19. The smallest absolute Gasteiger partial charge is 0.260 e. The quantitative estimate of drug-likeness (QED) is 0.820. The molecule has 2 rings (SSSR count). The molecule has 1 saturated carbocycles. The van der Waals surface area contributed by atoms with Crippen LogP contribution in [0.25, 0.3) is 0 Å². The highest BCUT2D eigenvalue weighted by Gasteiger charge is 2.20. The van der Waals surface area contributed by atoms with Gasteiger partial charge in [0.05, 0.1) is 5.02 Å². The van der Waals surface area contributed by atoms with Gasteiger partial charge in [-0.05, 0) is 38.0 Å². The summed E-state index contributed by atoms with van der Waals surface area (Å²) in [4.78, 5) is 12.2. The van der Waals surface area contributed by atoms with Crippen LogP contribution in [0.4, 0.5) is 0 Å². The van der Waals surface area contributed by atoms with E-state index in [2.05, 4.69) is 5.32 Å². The Morgan fingerprint density at radius 1 is 1.24 bits per heavy atom. The number of amides is 1. The van der Waals surface area contributed by atoms with Crippen LogP contribution in [0.15, 0.2) is 18.2 Å². The van der Waals surface area contributed by atoms with Crippen molar-refractivity contribution in [2.24, 2.45) is 0 Å². The van der Waals surface area contributed by atoms with Crippen LogP contribution in [0, 0.1) is 0 Å². The van der Waals surface area contributed by atoms with Crippen molar-refractivity contribution in [2.45, 2.75) is 57.6 Å². The fourth-order valence-electron chi connectivity index (χ4n) is 2.56. The molecule has 1 aliphatic rings. The van der Waals surface area contributed by atoms with E-state index >= 15 is 0 Å². The average Bonchev–Trinajstić information content (AvgIpc) is 2.70. The Labute approximate surface area is 136 Å². The number of carbonyl (C=O) groups is 1. The first-order valence-corrected chi connectivity index (χ1v) is 8.24. The van der Waals surface area contributed by atoms with Crippen LogP contribution in [0.2, 0.25) is 10.0 Å². The van der Waals surface area contributed by atoms with Gasteiger partial charge >= 0.3 is 0 Å². The first-order chi connectivity index (χ1) is 10.1.